The Balaban J connectivity index is 1.10. The summed E-state index contributed by atoms with van der Waals surface area (Å²) in [7, 11) is 0. The molecule has 11 heteroatoms. The van der Waals surface area contributed by atoms with Gasteiger partial charge in [0.05, 0.1) is 16.8 Å². The Labute approximate surface area is 217 Å². The van der Waals surface area contributed by atoms with E-state index in [0.717, 1.165) is 36.0 Å². The number of aliphatic hydroxyl groups excluding tert-OH is 1. The molecule has 2 aromatic heterocycles. The number of oxazole rings is 1. The summed E-state index contributed by atoms with van der Waals surface area (Å²) in [6, 6.07) is 6.07. The van der Waals surface area contributed by atoms with Gasteiger partial charge in [-0.15, -0.1) is 0 Å². The summed E-state index contributed by atoms with van der Waals surface area (Å²) in [6.07, 6.45) is 7.99. The monoisotopic (exact) mass is 556 g/mol. The first-order valence-corrected chi connectivity index (χ1v) is 12.9. The fraction of sp³-hybridized carbons (Fsp3) is 0.440. The second kappa shape index (κ2) is 11.4. The molecule has 0 spiro atoms. The van der Waals surface area contributed by atoms with E-state index < -0.39 is 6.10 Å². The van der Waals surface area contributed by atoms with Crippen molar-refractivity contribution in [1.82, 2.24) is 25.2 Å². The average molecular weight is 557 g/mol. The van der Waals surface area contributed by atoms with Crippen LogP contribution in [0.4, 0.5) is 5.82 Å². The molecule has 0 bridgehead atoms. The number of β-amino-alcohol motifs (C(OH)–C–C–N with tert-alkyl or cyclic N) is 1. The molecule has 1 unspecified atom stereocenters. The maximum Gasteiger partial charge on any atom is 0.270 e. The van der Waals surface area contributed by atoms with Crippen molar-refractivity contribution in [3.8, 4) is 5.75 Å². The van der Waals surface area contributed by atoms with Crippen molar-refractivity contribution in [1.29, 1.82) is 0 Å². The highest BCUT2D eigenvalue weighted by Gasteiger charge is 2.23. The van der Waals surface area contributed by atoms with Gasteiger partial charge in [-0.1, -0.05) is 6.07 Å². The molecule has 2 aliphatic rings. The minimum Gasteiger partial charge on any atom is -0.484 e. The van der Waals surface area contributed by atoms with E-state index in [1.165, 1.54) is 30.3 Å². The van der Waals surface area contributed by atoms with Crippen LogP contribution in [-0.2, 0) is 19.6 Å². The number of anilines is 1. The van der Waals surface area contributed by atoms with Crippen LogP contribution in [0, 0.1) is 0 Å². The molecule has 1 saturated carbocycles. The van der Waals surface area contributed by atoms with Crippen LogP contribution < -0.4 is 15.4 Å². The van der Waals surface area contributed by atoms with Crippen LogP contribution in [0.1, 0.15) is 46.6 Å². The van der Waals surface area contributed by atoms with Gasteiger partial charge in [-0.05, 0) is 58.8 Å². The maximum atomic E-state index is 12.5. The normalized spacial score (nSPS) is 16.6. The first kappa shape index (κ1) is 24.7. The minimum absolute atomic E-state index is 0.149. The number of amides is 1. The van der Waals surface area contributed by atoms with Gasteiger partial charge >= 0.3 is 0 Å². The van der Waals surface area contributed by atoms with Crippen molar-refractivity contribution in [2.24, 2.45) is 0 Å². The smallest absolute Gasteiger partial charge is 0.270 e. The number of hydrogen-bond acceptors (Lipinski definition) is 9. The Morgan fingerprint density at radius 3 is 3.00 bits per heavy atom. The predicted octanol–water partition coefficient (Wildman–Crippen LogP) is 2.92. The fourth-order valence-corrected chi connectivity index (χ4v) is 5.06. The summed E-state index contributed by atoms with van der Waals surface area (Å²) in [6.45, 7) is 2.43. The Morgan fingerprint density at radius 1 is 1.33 bits per heavy atom. The van der Waals surface area contributed by atoms with Crippen molar-refractivity contribution in [2.75, 3.05) is 25.0 Å². The number of carbonyl (C=O) groups is 1. The van der Waals surface area contributed by atoms with E-state index in [1.54, 1.807) is 12.3 Å². The minimum atomic E-state index is -0.696. The van der Waals surface area contributed by atoms with Crippen LogP contribution in [0.15, 0.2) is 46.0 Å². The van der Waals surface area contributed by atoms with E-state index in [9.17, 15) is 9.90 Å². The number of benzene rings is 1. The lowest BCUT2D eigenvalue weighted by molar-refractivity contribution is 0.0837. The van der Waals surface area contributed by atoms with Crippen LogP contribution in [0.2, 0.25) is 0 Å². The fourth-order valence-electron chi connectivity index (χ4n) is 4.36. The average Bonchev–Trinajstić information content (AvgIpc) is 3.38. The molecule has 5 rings (SSSR count). The summed E-state index contributed by atoms with van der Waals surface area (Å²) < 4.78 is 12.1. The highest BCUT2D eigenvalue weighted by Crippen LogP contribution is 2.35. The standard InChI is InChI=1S/C25H29BrN6O4/c26-24-20-6-7-32(11-16(20)4-5-22(24)35-13-19-10-27-15-36-19)12-18(33)9-28-25(34)21-8-23(30-14-29-21)31-17-2-1-3-17/h4-5,8,10,14-15,17-18,33H,1-3,6-7,9,11-13H2,(H,28,34)(H,29,30,31). The van der Waals surface area contributed by atoms with E-state index >= 15 is 0 Å². The third-order valence-electron chi connectivity index (χ3n) is 6.55. The van der Waals surface area contributed by atoms with Crippen LogP contribution in [0.5, 0.6) is 5.75 Å². The molecule has 1 atom stereocenters. The molecule has 1 fully saturated rings. The number of nitrogens with one attached hydrogen (secondary N) is 2. The number of rotatable bonds is 10. The molecule has 1 aliphatic carbocycles. The van der Waals surface area contributed by atoms with Gasteiger partial charge in [-0.25, -0.2) is 15.0 Å². The summed E-state index contributed by atoms with van der Waals surface area (Å²) in [5.74, 6) is 1.76. The Kier molecular flexibility index (Phi) is 7.78. The van der Waals surface area contributed by atoms with Gasteiger partial charge < -0.3 is 24.9 Å². The Bertz CT molecular complexity index is 1190. The van der Waals surface area contributed by atoms with Crippen molar-refractivity contribution < 1.29 is 19.1 Å². The van der Waals surface area contributed by atoms with Gasteiger partial charge in [-0.2, -0.15) is 0 Å². The molecular weight excluding hydrogens is 528 g/mol. The quantitative estimate of drug-likeness (QED) is 0.345. The zero-order valence-electron chi connectivity index (χ0n) is 19.8. The molecule has 10 nitrogen and oxygen atoms in total. The number of nitrogens with zero attached hydrogens (tertiary/aromatic N) is 4. The van der Waals surface area contributed by atoms with E-state index in [-0.39, 0.29) is 18.1 Å². The summed E-state index contributed by atoms with van der Waals surface area (Å²) in [5, 5.41) is 16.7. The molecule has 36 heavy (non-hydrogen) atoms. The molecule has 3 N–H and O–H groups in total. The number of halogens is 1. The number of aromatic nitrogens is 3. The van der Waals surface area contributed by atoms with E-state index in [1.807, 2.05) is 6.07 Å². The molecule has 0 radical (unpaired) electrons. The van der Waals surface area contributed by atoms with Gasteiger partial charge in [0.25, 0.3) is 5.91 Å². The number of aliphatic hydroxyl groups is 1. The molecule has 3 heterocycles. The lowest BCUT2D eigenvalue weighted by Gasteiger charge is -2.31. The predicted molar refractivity (Wildman–Crippen MR) is 136 cm³/mol. The van der Waals surface area contributed by atoms with Crippen molar-refractivity contribution in [3.63, 3.8) is 0 Å². The molecule has 0 saturated heterocycles. The number of fused-ring (bicyclic) bond motifs is 1. The van der Waals surface area contributed by atoms with Gasteiger partial charge in [-0.3, -0.25) is 9.69 Å². The van der Waals surface area contributed by atoms with Gasteiger partial charge in [0.1, 0.15) is 30.2 Å². The molecule has 190 valence electrons. The lowest BCUT2D eigenvalue weighted by atomic mass is 9.93. The molecule has 1 aromatic carbocycles. The Morgan fingerprint density at radius 2 is 2.22 bits per heavy atom. The lowest BCUT2D eigenvalue weighted by Crippen LogP contribution is -2.42. The summed E-state index contributed by atoms with van der Waals surface area (Å²) in [5.41, 5.74) is 2.68. The molecule has 1 aliphatic heterocycles. The molecular formula is C25H29BrN6O4. The first-order chi connectivity index (χ1) is 17.5. The Hall–Kier alpha value is -3.02. The number of ether oxygens (including phenoxy) is 1. The zero-order valence-corrected chi connectivity index (χ0v) is 21.4. The summed E-state index contributed by atoms with van der Waals surface area (Å²) in [4.78, 5) is 26.9. The highest BCUT2D eigenvalue weighted by atomic mass is 79.9. The number of hydrogen-bond donors (Lipinski definition) is 3. The summed E-state index contributed by atoms with van der Waals surface area (Å²) >= 11 is 3.69. The van der Waals surface area contributed by atoms with Gasteiger partial charge in [0, 0.05) is 38.3 Å². The maximum absolute atomic E-state index is 12.5. The second-order valence-corrected chi connectivity index (χ2v) is 9.97. The van der Waals surface area contributed by atoms with E-state index in [4.69, 9.17) is 9.15 Å². The van der Waals surface area contributed by atoms with Gasteiger partial charge in [0.15, 0.2) is 12.2 Å². The number of carbonyl (C=O) groups excluding carboxylic acids is 1. The first-order valence-electron chi connectivity index (χ1n) is 12.1. The van der Waals surface area contributed by atoms with Gasteiger partial charge in [0.2, 0.25) is 0 Å². The largest absolute Gasteiger partial charge is 0.484 e. The van der Waals surface area contributed by atoms with Crippen LogP contribution in [-0.4, -0.2) is 62.6 Å². The topological polar surface area (TPSA) is 126 Å². The van der Waals surface area contributed by atoms with Crippen LogP contribution >= 0.6 is 15.9 Å². The third kappa shape index (κ3) is 6.03. The van der Waals surface area contributed by atoms with E-state index in [0.29, 0.717) is 37.3 Å². The van der Waals surface area contributed by atoms with Crippen molar-refractivity contribution in [2.45, 2.75) is 51.0 Å². The zero-order chi connectivity index (χ0) is 24.9. The molecule has 1 amide bonds. The highest BCUT2D eigenvalue weighted by molar-refractivity contribution is 9.10. The SMILES string of the molecule is O=C(NCC(O)CN1CCc2c(ccc(OCc3cnco3)c2Br)C1)c1cc(NC2CCC2)ncn1. The van der Waals surface area contributed by atoms with E-state index in [2.05, 4.69) is 52.5 Å². The molecule has 3 aromatic rings. The van der Waals surface area contributed by atoms with Crippen LogP contribution in [0.3, 0.4) is 0 Å². The third-order valence-corrected chi connectivity index (χ3v) is 7.42. The van der Waals surface area contributed by atoms with Crippen LogP contribution in [0.25, 0.3) is 0 Å². The van der Waals surface area contributed by atoms with Crippen molar-refractivity contribution >= 4 is 27.7 Å². The van der Waals surface area contributed by atoms with Crippen molar-refractivity contribution in [3.05, 3.63) is 64.2 Å². The second-order valence-electron chi connectivity index (χ2n) is 9.18.